The van der Waals surface area contributed by atoms with Crippen LogP contribution < -0.4 is 0 Å². The van der Waals surface area contributed by atoms with Gasteiger partial charge in [-0.2, -0.15) is 0 Å². The molecule has 0 aromatic rings. The fourth-order valence-corrected chi connectivity index (χ4v) is 1.21. The topological polar surface area (TPSA) is 9.23 Å². The van der Waals surface area contributed by atoms with Gasteiger partial charge < -0.3 is 4.43 Å². The smallest absolute Gasteiger partial charge is 0.228 e. The molecule has 0 heterocycles. The van der Waals surface area contributed by atoms with E-state index in [1.807, 2.05) is 6.92 Å². The largest absolute Gasteiger partial charge is 0.551 e. The Hall–Kier alpha value is -0.0262. The van der Waals surface area contributed by atoms with Crippen LogP contribution in [-0.2, 0) is 4.43 Å². The van der Waals surface area contributed by atoms with Gasteiger partial charge in [0.1, 0.15) is 0 Å². The van der Waals surface area contributed by atoms with E-state index in [9.17, 15) is 0 Å². The molecule has 0 fully saturated rings. The van der Waals surface area contributed by atoms with Gasteiger partial charge in [0.15, 0.2) is 0 Å². The maximum Gasteiger partial charge on any atom is 0.228 e. The number of hydrogen-bond donors (Lipinski definition) is 0. The van der Waals surface area contributed by atoms with Gasteiger partial charge in [0, 0.05) is 0 Å². The maximum atomic E-state index is 5.19. The Morgan fingerprint density at radius 1 is 1.50 bits per heavy atom. The van der Waals surface area contributed by atoms with E-state index in [4.69, 9.17) is 4.43 Å². The van der Waals surface area contributed by atoms with Crippen molar-refractivity contribution in [1.82, 2.24) is 0 Å². The molecule has 50 valence electrons. The van der Waals surface area contributed by atoms with Crippen molar-refractivity contribution in [3.8, 4) is 0 Å². The summed E-state index contributed by atoms with van der Waals surface area (Å²) in [5, 5.41) is 0. The Bertz CT molecular complexity index is 70.8. The van der Waals surface area contributed by atoms with E-state index in [0.29, 0.717) is 0 Å². The van der Waals surface area contributed by atoms with Gasteiger partial charge in [-0.25, -0.2) is 0 Å². The number of allylic oxidation sites excluding steroid dienone is 1. The van der Waals surface area contributed by atoms with Crippen molar-refractivity contribution in [3.63, 3.8) is 0 Å². The third-order valence-electron chi connectivity index (χ3n) is 0.437. The molecular formula is C5H16OSi2. The lowest BCUT2D eigenvalue weighted by Crippen LogP contribution is -2.04. The highest BCUT2D eigenvalue weighted by molar-refractivity contribution is 6.48. The summed E-state index contributed by atoms with van der Waals surface area (Å²) in [4.78, 5) is 0. The van der Waals surface area contributed by atoms with Crippen molar-refractivity contribution < 1.29 is 4.43 Å². The van der Waals surface area contributed by atoms with E-state index < -0.39 is 9.04 Å². The average Bonchev–Trinajstić information content (AvgIpc) is 1.27. The molecule has 0 saturated heterocycles. The Morgan fingerprint density at radius 3 is 1.88 bits per heavy atom. The van der Waals surface area contributed by atoms with Gasteiger partial charge in [0.05, 0.1) is 5.76 Å². The molecule has 3 heteroatoms. The average molecular weight is 148 g/mol. The Morgan fingerprint density at radius 2 is 1.88 bits per heavy atom. The molecule has 0 aromatic carbocycles. The van der Waals surface area contributed by atoms with Crippen LogP contribution in [0.2, 0.25) is 13.1 Å². The van der Waals surface area contributed by atoms with Crippen molar-refractivity contribution in [2.45, 2.75) is 20.0 Å². The third-order valence-corrected chi connectivity index (χ3v) is 1.31. The summed E-state index contributed by atoms with van der Waals surface area (Å²) in [6, 6.07) is 0. The zero-order valence-electron chi connectivity index (χ0n) is 5.19. The summed E-state index contributed by atoms with van der Waals surface area (Å²) >= 11 is 0. The van der Waals surface area contributed by atoms with Gasteiger partial charge in [-0.15, -0.1) is 0 Å². The minimum atomic E-state index is -0.828. The predicted octanol–water partition coefficient (Wildman–Crippen LogP) is 0.0684. The van der Waals surface area contributed by atoms with E-state index in [2.05, 4.69) is 19.7 Å². The van der Waals surface area contributed by atoms with Gasteiger partial charge >= 0.3 is 0 Å². The monoisotopic (exact) mass is 148 g/mol. The fourth-order valence-electron chi connectivity index (χ4n) is 0.402. The van der Waals surface area contributed by atoms with Crippen LogP contribution in [0.4, 0.5) is 0 Å². The Kier molecular flexibility index (Phi) is 6.95. The maximum absolute atomic E-state index is 5.19. The van der Waals surface area contributed by atoms with Crippen LogP contribution in [0.1, 0.15) is 6.92 Å². The molecular weight excluding hydrogens is 132 g/mol. The van der Waals surface area contributed by atoms with Crippen molar-refractivity contribution in [2.24, 2.45) is 0 Å². The third kappa shape index (κ3) is 9.36. The first-order valence-corrected chi connectivity index (χ1v) is 5.23. The van der Waals surface area contributed by atoms with Crippen molar-refractivity contribution in [1.29, 1.82) is 0 Å². The second-order valence-corrected chi connectivity index (χ2v) is 4.20. The lowest BCUT2D eigenvalue weighted by molar-refractivity contribution is 0.446. The molecule has 0 N–H and O–H groups in total. The molecule has 0 aliphatic rings. The Labute approximate surface area is 57.5 Å². The second kappa shape index (κ2) is 5.12. The lowest BCUT2D eigenvalue weighted by Gasteiger charge is -2.05. The van der Waals surface area contributed by atoms with Gasteiger partial charge in [-0.05, 0) is 31.0 Å². The summed E-state index contributed by atoms with van der Waals surface area (Å²) in [5.74, 6) is 0.849. The van der Waals surface area contributed by atoms with Crippen LogP contribution >= 0.6 is 0 Å². The van der Waals surface area contributed by atoms with Gasteiger partial charge in [-0.3, -0.25) is 0 Å². The first-order valence-electron chi connectivity index (χ1n) is 2.45. The molecule has 8 heavy (non-hydrogen) atoms. The van der Waals surface area contributed by atoms with Crippen LogP contribution in [0.5, 0.6) is 0 Å². The van der Waals surface area contributed by atoms with Crippen LogP contribution in [0.15, 0.2) is 12.3 Å². The number of rotatable bonds is 2. The molecule has 0 saturated carbocycles. The Balaban J connectivity index is 0. The van der Waals surface area contributed by atoms with Crippen molar-refractivity contribution >= 4 is 20.0 Å². The van der Waals surface area contributed by atoms with Crippen molar-refractivity contribution in [2.75, 3.05) is 0 Å². The molecule has 0 unspecified atom stereocenters. The predicted molar refractivity (Wildman–Crippen MR) is 46.1 cm³/mol. The van der Waals surface area contributed by atoms with Gasteiger partial charge in [0.25, 0.3) is 0 Å². The first kappa shape index (κ1) is 10.9. The van der Waals surface area contributed by atoms with Crippen LogP contribution in [-0.4, -0.2) is 20.0 Å². The molecule has 0 spiro atoms. The zero-order chi connectivity index (χ0) is 5.86. The molecule has 0 aromatic heterocycles. The summed E-state index contributed by atoms with van der Waals surface area (Å²) < 4.78 is 5.19. The first-order chi connectivity index (χ1) is 3.13. The SMILES string of the molecule is C=C(C)O[SiH](C)C.[SiH4]. The highest BCUT2D eigenvalue weighted by Gasteiger charge is 1.91. The summed E-state index contributed by atoms with van der Waals surface area (Å²) in [6.07, 6.45) is 0. The molecule has 0 bridgehead atoms. The molecule has 0 amide bonds. The molecule has 0 atom stereocenters. The molecule has 0 rings (SSSR count). The summed E-state index contributed by atoms with van der Waals surface area (Å²) in [7, 11) is -0.828. The molecule has 0 radical (unpaired) electrons. The van der Waals surface area contributed by atoms with E-state index in [1.54, 1.807) is 0 Å². The summed E-state index contributed by atoms with van der Waals surface area (Å²) in [5.41, 5.74) is 0. The van der Waals surface area contributed by atoms with Crippen molar-refractivity contribution in [3.05, 3.63) is 12.3 Å². The van der Waals surface area contributed by atoms with Crippen LogP contribution in [0.25, 0.3) is 0 Å². The highest BCUT2D eigenvalue weighted by atomic mass is 28.3. The minimum absolute atomic E-state index is 0. The van der Waals surface area contributed by atoms with Crippen LogP contribution in [0.3, 0.4) is 0 Å². The minimum Gasteiger partial charge on any atom is -0.551 e. The fraction of sp³-hybridized carbons (Fsp3) is 0.600. The van der Waals surface area contributed by atoms with E-state index in [1.165, 1.54) is 0 Å². The second-order valence-electron chi connectivity index (χ2n) is 1.87. The normalized spacial score (nSPS) is 8.00. The van der Waals surface area contributed by atoms with Gasteiger partial charge in [-0.1, -0.05) is 6.58 Å². The quantitative estimate of drug-likeness (QED) is 0.398. The van der Waals surface area contributed by atoms with E-state index in [-0.39, 0.29) is 11.0 Å². The van der Waals surface area contributed by atoms with E-state index in [0.717, 1.165) is 5.76 Å². The standard InChI is InChI=1S/C5H12OSi.H4Si/c1-5(2)6-7(3)4;/h7H,1H2,2-4H3;1H4. The van der Waals surface area contributed by atoms with Crippen LogP contribution in [0, 0.1) is 0 Å². The van der Waals surface area contributed by atoms with Gasteiger partial charge in [0.2, 0.25) is 9.04 Å². The summed E-state index contributed by atoms with van der Waals surface area (Å²) in [6.45, 7) is 9.73. The number of hydrogen-bond acceptors (Lipinski definition) is 1. The van der Waals surface area contributed by atoms with E-state index >= 15 is 0 Å². The highest BCUT2D eigenvalue weighted by Crippen LogP contribution is 1.92. The lowest BCUT2D eigenvalue weighted by atomic mass is 10.7. The molecule has 0 aliphatic carbocycles. The molecule has 1 nitrogen and oxygen atoms in total. The molecule has 0 aliphatic heterocycles. The zero-order valence-corrected chi connectivity index (χ0v) is 6.35.